The first-order valence-electron chi connectivity index (χ1n) is 11.3. The fourth-order valence-electron chi connectivity index (χ4n) is 4.43. The summed E-state index contributed by atoms with van der Waals surface area (Å²) in [6.07, 6.45) is -8.70. The molecule has 4 rings (SSSR count). The normalized spacial score (nSPS) is 19.1. The van der Waals surface area contributed by atoms with E-state index in [-0.39, 0.29) is 30.2 Å². The zero-order valence-corrected chi connectivity index (χ0v) is 19.3. The van der Waals surface area contributed by atoms with Gasteiger partial charge in [-0.2, -0.15) is 36.4 Å². The topological polar surface area (TPSA) is 83.1 Å². The number of piperidine rings is 1. The SMILES string of the molecule is O=CNc1nc(CN2CCC[C@@H](OCc3cc(C(F)(F)F)cc(C(F)(F)F)c3)[C@H]2c2ccccc2)n[nH]1. The summed E-state index contributed by atoms with van der Waals surface area (Å²) in [5.41, 5.74) is -2.11. The van der Waals surface area contributed by atoms with Gasteiger partial charge in [-0.3, -0.25) is 15.0 Å². The van der Waals surface area contributed by atoms with E-state index in [0.29, 0.717) is 43.8 Å². The van der Waals surface area contributed by atoms with Gasteiger partial charge in [0.25, 0.3) is 0 Å². The van der Waals surface area contributed by atoms with E-state index in [2.05, 4.69) is 20.5 Å². The van der Waals surface area contributed by atoms with Crippen molar-refractivity contribution in [2.75, 3.05) is 11.9 Å². The molecule has 0 bridgehead atoms. The molecular formula is C24H23F6N5O2. The molecular weight excluding hydrogens is 504 g/mol. The van der Waals surface area contributed by atoms with Gasteiger partial charge in [0.1, 0.15) is 0 Å². The number of nitrogens with zero attached hydrogens (tertiary/aromatic N) is 3. The molecule has 1 saturated heterocycles. The van der Waals surface area contributed by atoms with Crippen LogP contribution in [0.2, 0.25) is 0 Å². The van der Waals surface area contributed by atoms with Crippen LogP contribution in [0.25, 0.3) is 0 Å². The standard InChI is InChI=1S/C24H23F6N5O2/c25-23(26,27)17-9-15(10-18(11-17)24(28,29)30)13-37-19-7-4-8-35(21(19)16-5-2-1-3-6-16)12-20-32-22(31-14-36)34-33-20/h1-3,5-6,9-11,14,19,21H,4,7-8,12-13H2,(H2,31,32,33,34,36)/t19-,21-/m1/s1. The lowest BCUT2D eigenvalue weighted by Crippen LogP contribution is -2.42. The summed E-state index contributed by atoms with van der Waals surface area (Å²) in [6.45, 7) is 0.479. The van der Waals surface area contributed by atoms with Gasteiger partial charge in [0.2, 0.25) is 12.4 Å². The van der Waals surface area contributed by atoms with Crippen molar-refractivity contribution < 1.29 is 35.9 Å². The number of rotatable bonds is 8. The predicted molar refractivity (Wildman–Crippen MR) is 120 cm³/mol. The Kier molecular flexibility index (Phi) is 7.83. The van der Waals surface area contributed by atoms with Crippen LogP contribution in [0, 0.1) is 0 Å². The molecule has 1 aromatic heterocycles. The van der Waals surface area contributed by atoms with E-state index in [4.69, 9.17) is 4.74 Å². The number of likely N-dealkylation sites (tertiary alicyclic amines) is 1. The maximum atomic E-state index is 13.3. The maximum Gasteiger partial charge on any atom is 0.416 e. The Morgan fingerprint density at radius 2 is 1.73 bits per heavy atom. The van der Waals surface area contributed by atoms with Gasteiger partial charge in [-0.15, -0.1) is 0 Å². The summed E-state index contributed by atoms with van der Waals surface area (Å²) in [5.74, 6) is 0.578. The van der Waals surface area contributed by atoms with Gasteiger partial charge in [0.05, 0.1) is 36.4 Å². The van der Waals surface area contributed by atoms with Crippen LogP contribution < -0.4 is 5.32 Å². The maximum absolute atomic E-state index is 13.3. The zero-order valence-electron chi connectivity index (χ0n) is 19.3. The number of aromatic amines is 1. The smallest absolute Gasteiger partial charge is 0.372 e. The number of nitrogens with one attached hydrogen (secondary N) is 2. The predicted octanol–water partition coefficient (Wildman–Crippen LogP) is 5.33. The van der Waals surface area contributed by atoms with Crippen molar-refractivity contribution in [1.29, 1.82) is 0 Å². The summed E-state index contributed by atoms with van der Waals surface area (Å²) in [7, 11) is 0. The van der Waals surface area contributed by atoms with E-state index < -0.39 is 36.2 Å². The van der Waals surface area contributed by atoms with Crippen LogP contribution in [0.15, 0.2) is 48.5 Å². The molecule has 13 heteroatoms. The Hall–Kier alpha value is -3.45. The first-order valence-corrected chi connectivity index (χ1v) is 11.3. The van der Waals surface area contributed by atoms with Crippen molar-refractivity contribution in [3.8, 4) is 0 Å². The van der Waals surface area contributed by atoms with Crippen LogP contribution in [0.5, 0.6) is 0 Å². The number of hydrogen-bond acceptors (Lipinski definition) is 5. The molecule has 0 saturated carbocycles. The van der Waals surface area contributed by atoms with Gasteiger partial charge in [-0.25, -0.2) is 5.10 Å². The van der Waals surface area contributed by atoms with Crippen LogP contribution in [0.4, 0.5) is 32.3 Å². The van der Waals surface area contributed by atoms with Crippen LogP contribution in [0.3, 0.4) is 0 Å². The minimum absolute atomic E-state index is 0.100. The van der Waals surface area contributed by atoms with E-state index in [0.717, 1.165) is 5.56 Å². The number of anilines is 1. The number of carbonyl (C=O) groups is 1. The molecule has 3 aromatic rings. The Bertz CT molecular complexity index is 1170. The Labute approximate surface area is 207 Å². The molecule has 2 aromatic carbocycles. The Balaban J connectivity index is 1.58. The lowest BCUT2D eigenvalue weighted by atomic mass is 9.92. The molecule has 0 radical (unpaired) electrons. The number of hydrogen-bond donors (Lipinski definition) is 2. The summed E-state index contributed by atoms with van der Waals surface area (Å²) in [5, 5.41) is 9.06. The molecule has 1 aliphatic heterocycles. The van der Waals surface area contributed by atoms with Crippen LogP contribution >= 0.6 is 0 Å². The zero-order chi connectivity index (χ0) is 26.6. The molecule has 1 fully saturated rings. The van der Waals surface area contributed by atoms with E-state index in [1.54, 1.807) is 0 Å². The Morgan fingerprint density at radius 3 is 2.35 bits per heavy atom. The molecule has 0 spiro atoms. The largest absolute Gasteiger partial charge is 0.416 e. The van der Waals surface area contributed by atoms with Crippen molar-refractivity contribution in [2.24, 2.45) is 0 Å². The molecule has 198 valence electrons. The summed E-state index contributed by atoms with van der Waals surface area (Å²) in [4.78, 5) is 16.9. The summed E-state index contributed by atoms with van der Waals surface area (Å²) < 4.78 is 85.6. The third-order valence-corrected chi connectivity index (χ3v) is 6.00. The number of amides is 1. The number of alkyl halides is 6. The fourth-order valence-corrected chi connectivity index (χ4v) is 4.43. The number of ether oxygens (including phenoxy) is 1. The molecule has 37 heavy (non-hydrogen) atoms. The van der Waals surface area contributed by atoms with E-state index in [1.807, 2.05) is 35.2 Å². The van der Waals surface area contributed by atoms with E-state index in [1.165, 1.54) is 0 Å². The molecule has 2 heterocycles. The second-order valence-electron chi connectivity index (χ2n) is 8.59. The number of carbonyl (C=O) groups excluding carboxylic acids is 1. The second kappa shape index (κ2) is 10.9. The van der Waals surface area contributed by atoms with Gasteiger partial charge < -0.3 is 4.74 Å². The highest BCUT2D eigenvalue weighted by Gasteiger charge is 2.38. The van der Waals surface area contributed by atoms with Crippen LogP contribution in [-0.4, -0.2) is 39.1 Å². The molecule has 1 aliphatic rings. The van der Waals surface area contributed by atoms with E-state index in [9.17, 15) is 31.1 Å². The molecule has 0 unspecified atom stereocenters. The molecule has 0 aliphatic carbocycles. The summed E-state index contributed by atoms with van der Waals surface area (Å²) >= 11 is 0. The number of H-pyrrole nitrogens is 1. The number of benzene rings is 2. The first-order chi connectivity index (χ1) is 17.5. The van der Waals surface area contributed by atoms with Crippen LogP contribution in [-0.2, 0) is 35.0 Å². The highest BCUT2D eigenvalue weighted by molar-refractivity contribution is 5.66. The summed E-state index contributed by atoms with van der Waals surface area (Å²) in [6, 6.07) is 10.4. The molecule has 7 nitrogen and oxygen atoms in total. The van der Waals surface area contributed by atoms with Gasteiger partial charge in [-0.1, -0.05) is 30.3 Å². The van der Waals surface area contributed by atoms with Crippen molar-refractivity contribution in [2.45, 2.75) is 50.5 Å². The Morgan fingerprint density at radius 1 is 1.05 bits per heavy atom. The quantitative estimate of drug-likeness (QED) is 0.306. The fraction of sp³-hybridized carbons (Fsp3) is 0.375. The van der Waals surface area contributed by atoms with Crippen molar-refractivity contribution in [3.05, 3.63) is 76.6 Å². The highest BCUT2D eigenvalue weighted by atomic mass is 19.4. The average molecular weight is 527 g/mol. The van der Waals surface area contributed by atoms with Crippen molar-refractivity contribution >= 4 is 12.4 Å². The van der Waals surface area contributed by atoms with E-state index >= 15 is 0 Å². The molecule has 2 N–H and O–H groups in total. The number of aromatic nitrogens is 3. The second-order valence-corrected chi connectivity index (χ2v) is 8.59. The third kappa shape index (κ3) is 6.66. The molecule has 2 atom stereocenters. The van der Waals surface area contributed by atoms with Crippen molar-refractivity contribution in [3.63, 3.8) is 0 Å². The monoisotopic (exact) mass is 527 g/mol. The van der Waals surface area contributed by atoms with Gasteiger partial charge in [0.15, 0.2) is 5.82 Å². The first kappa shape index (κ1) is 26.6. The highest BCUT2D eigenvalue weighted by Crippen LogP contribution is 2.38. The van der Waals surface area contributed by atoms with Crippen molar-refractivity contribution in [1.82, 2.24) is 20.1 Å². The lowest BCUT2D eigenvalue weighted by molar-refractivity contribution is -0.143. The molecule has 1 amide bonds. The van der Waals surface area contributed by atoms with Crippen LogP contribution in [0.1, 0.15) is 47.0 Å². The van der Waals surface area contributed by atoms with Gasteiger partial charge in [-0.05, 0) is 48.7 Å². The average Bonchev–Trinajstić information content (AvgIpc) is 3.29. The van der Waals surface area contributed by atoms with Gasteiger partial charge in [0, 0.05) is 0 Å². The third-order valence-electron chi connectivity index (χ3n) is 6.00. The lowest BCUT2D eigenvalue weighted by Gasteiger charge is -2.41. The number of halogens is 6. The minimum atomic E-state index is -4.93. The van der Waals surface area contributed by atoms with Gasteiger partial charge >= 0.3 is 12.4 Å². The minimum Gasteiger partial charge on any atom is -0.372 e.